The van der Waals surface area contributed by atoms with Crippen LogP contribution >= 0.6 is 0 Å². The highest BCUT2D eigenvalue weighted by Gasteiger charge is 2.20. The molecule has 10 rings (SSSR count). The molecule has 0 fully saturated rings. The number of fused-ring (bicyclic) bond motifs is 8. The second kappa shape index (κ2) is 10.5. The molecule has 0 saturated carbocycles. The van der Waals surface area contributed by atoms with Crippen molar-refractivity contribution in [2.24, 2.45) is 0 Å². The van der Waals surface area contributed by atoms with Crippen LogP contribution in [0, 0.1) is 0 Å². The van der Waals surface area contributed by atoms with E-state index in [1.807, 2.05) is 91.0 Å². The van der Waals surface area contributed by atoms with Crippen LogP contribution in [-0.4, -0.2) is 15.0 Å². The Balaban J connectivity index is 1.24. The average molecular weight is 616 g/mol. The van der Waals surface area contributed by atoms with E-state index in [0.29, 0.717) is 5.82 Å². The zero-order valence-corrected chi connectivity index (χ0v) is 25.6. The van der Waals surface area contributed by atoms with Crippen molar-refractivity contribution in [2.75, 3.05) is 0 Å². The molecule has 4 aromatic heterocycles. The molecular formula is C43H25N3O2. The first kappa shape index (κ1) is 26.6. The van der Waals surface area contributed by atoms with Crippen LogP contribution in [0.2, 0.25) is 0 Å². The Morgan fingerprint density at radius 3 is 1.88 bits per heavy atom. The summed E-state index contributed by atoms with van der Waals surface area (Å²) in [5.74, 6) is 0.603. The van der Waals surface area contributed by atoms with E-state index < -0.39 is 0 Å². The Labute approximate surface area is 274 Å². The molecule has 0 N–H and O–H groups in total. The average Bonchev–Trinajstić information content (AvgIpc) is 3.74. The van der Waals surface area contributed by atoms with Gasteiger partial charge in [-0.2, -0.15) is 0 Å². The fourth-order valence-corrected chi connectivity index (χ4v) is 6.82. The smallest absolute Gasteiger partial charge is 0.164 e. The summed E-state index contributed by atoms with van der Waals surface area (Å²) in [5, 5.41) is 5.07. The Morgan fingerprint density at radius 1 is 0.396 bits per heavy atom. The van der Waals surface area contributed by atoms with Crippen molar-refractivity contribution in [3.05, 3.63) is 152 Å². The van der Waals surface area contributed by atoms with Crippen LogP contribution < -0.4 is 0 Å². The number of rotatable bonds is 4. The molecule has 4 heterocycles. The van der Waals surface area contributed by atoms with Crippen LogP contribution in [0.5, 0.6) is 0 Å². The van der Waals surface area contributed by atoms with Crippen LogP contribution in [0.4, 0.5) is 0 Å². The molecule has 6 aromatic carbocycles. The second-order valence-corrected chi connectivity index (χ2v) is 12.0. The van der Waals surface area contributed by atoms with Gasteiger partial charge >= 0.3 is 0 Å². The monoisotopic (exact) mass is 615 g/mol. The minimum Gasteiger partial charge on any atom is -0.455 e. The topological polar surface area (TPSA) is 65.0 Å². The molecule has 5 heteroatoms. The van der Waals surface area contributed by atoms with Gasteiger partial charge in [-0.05, 0) is 48.5 Å². The summed E-state index contributed by atoms with van der Waals surface area (Å²) in [6, 6.07) is 51.3. The van der Waals surface area contributed by atoms with E-state index >= 15 is 0 Å². The van der Waals surface area contributed by atoms with Gasteiger partial charge in [-0.3, -0.25) is 0 Å². The summed E-state index contributed by atoms with van der Waals surface area (Å²) in [4.78, 5) is 15.5. The zero-order chi connectivity index (χ0) is 31.6. The van der Waals surface area contributed by atoms with Crippen LogP contribution in [0.15, 0.2) is 160 Å². The summed E-state index contributed by atoms with van der Waals surface area (Å²) in [6.45, 7) is 0. The van der Waals surface area contributed by atoms with Gasteiger partial charge in [0, 0.05) is 38.2 Å². The number of pyridine rings is 1. The van der Waals surface area contributed by atoms with E-state index in [4.69, 9.17) is 23.8 Å². The third-order valence-electron chi connectivity index (χ3n) is 9.09. The molecule has 224 valence electrons. The molecule has 0 aliphatic carbocycles. The van der Waals surface area contributed by atoms with Gasteiger partial charge in [0.1, 0.15) is 22.3 Å². The summed E-state index contributed by atoms with van der Waals surface area (Å²) in [5.41, 5.74) is 10.5. The molecular weight excluding hydrogens is 590 g/mol. The molecule has 5 nitrogen and oxygen atoms in total. The quantitative estimate of drug-likeness (QED) is 0.197. The lowest BCUT2D eigenvalue weighted by atomic mass is 10.00. The van der Waals surface area contributed by atoms with Gasteiger partial charge in [0.25, 0.3) is 0 Å². The van der Waals surface area contributed by atoms with Gasteiger partial charge in [-0.1, -0.05) is 103 Å². The third-order valence-corrected chi connectivity index (χ3v) is 9.09. The number of nitrogens with zero attached hydrogens (tertiary/aromatic N) is 3. The van der Waals surface area contributed by atoms with Crippen molar-refractivity contribution in [3.63, 3.8) is 0 Å². The number of aromatic nitrogens is 3. The first-order chi connectivity index (χ1) is 23.8. The van der Waals surface area contributed by atoms with E-state index in [9.17, 15) is 0 Å². The number of para-hydroxylation sites is 3. The van der Waals surface area contributed by atoms with Gasteiger partial charge in [0.05, 0.1) is 33.5 Å². The summed E-state index contributed by atoms with van der Waals surface area (Å²) >= 11 is 0. The van der Waals surface area contributed by atoms with E-state index in [0.717, 1.165) is 94.1 Å². The second-order valence-electron chi connectivity index (χ2n) is 12.0. The Kier molecular flexibility index (Phi) is 5.81. The van der Waals surface area contributed by atoms with E-state index in [1.54, 1.807) is 0 Å². The minimum atomic E-state index is 0.603. The predicted molar refractivity (Wildman–Crippen MR) is 194 cm³/mol. The highest BCUT2D eigenvalue weighted by molar-refractivity contribution is 6.19. The normalized spacial score (nSPS) is 11.8. The van der Waals surface area contributed by atoms with Gasteiger partial charge in [0.2, 0.25) is 0 Å². The van der Waals surface area contributed by atoms with E-state index in [2.05, 4.69) is 60.7 Å². The van der Waals surface area contributed by atoms with Crippen molar-refractivity contribution in [1.29, 1.82) is 0 Å². The first-order valence-electron chi connectivity index (χ1n) is 15.9. The van der Waals surface area contributed by atoms with Crippen molar-refractivity contribution in [1.82, 2.24) is 15.0 Å². The summed E-state index contributed by atoms with van der Waals surface area (Å²) < 4.78 is 13.0. The molecule has 0 saturated heterocycles. The molecule has 0 aliphatic rings. The highest BCUT2D eigenvalue weighted by atomic mass is 16.3. The Morgan fingerprint density at radius 2 is 1.04 bits per heavy atom. The number of furan rings is 2. The van der Waals surface area contributed by atoms with Crippen LogP contribution in [0.1, 0.15) is 0 Å². The molecule has 10 aromatic rings. The maximum Gasteiger partial charge on any atom is 0.164 e. The largest absolute Gasteiger partial charge is 0.455 e. The molecule has 0 radical (unpaired) electrons. The summed E-state index contributed by atoms with van der Waals surface area (Å²) in [6.07, 6.45) is 0. The fourth-order valence-electron chi connectivity index (χ4n) is 6.82. The van der Waals surface area contributed by atoms with Gasteiger partial charge in [-0.25, -0.2) is 15.0 Å². The van der Waals surface area contributed by atoms with Gasteiger partial charge in [0.15, 0.2) is 5.82 Å². The molecule has 0 aliphatic heterocycles. The van der Waals surface area contributed by atoms with Crippen LogP contribution in [-0.2, 0) is 0 Å². The predicted octanol–water partition coefficient (Wildman–Crippen LogP) is 11.5. The molecule has 48 heavy (non-hydrogen) atoms. The number of hydrogen-bond acceptors (Lipinski definition) is 5. The number of hydrogen-bond donors (Lipinski definition) is 0. The minimum absolute atomic E-state index is 0.603. The standard InChI is InChI=1S/C43H25N3O2/c1-3-12-26(13-4-1)35-25-36(46-43(45-35)32-19-11-18-30-29-16-8-10-21-37(29)47-41(30)32)28-22-23-38-33(24-28)39-40(27-14-5-2-6-15-27)44-34-20-9-7-17-31(34)42(39)48-38/h1-25H. The summed E-state index contributed by atoms with van der Waals surface area (Å²) in [7, 11) is 0. The van der Waals surface area contributed by atoms with Gasteiger partial charge in [-0.15, -0.1) is 0 Å². The van der Waals surface area contributed by atoms with Crippen LogP contribution in [0.25, 0.3) is 99.9 Å². The molecule has 0 bridgehead atoms. The third kappa shape index (κ3) is 4.15. The highest BCUT2D eigenvalue weighted by Crippen LogP contribution is 2.41. The van der Waals surface area contributed by atoms with Crippen molar-refractivity contribution >= 4 is 54.8 Å². The lowest BCUT2D eigenvalue weighted by molar-refractivity contribution is 0.669. The molecule has 0 unspecified atom stereocenters. The first-order valence-corrected chi connectivity index (χ1v) is 15.9. The van der Waals surface area contributed by atoms with Crippen molar-refractivity contribution in [2.45, 2.75) is 0 Å². The molecule has 0 amide bonds. The van der Waals surface area contributed by atoms with Gasteiger partial charge < -0.3 is 8.83 Å². The van der Waals surface area contributed by atoms with Crippen molar-refractivity contribution in [3.8, 4) is 45.2 Å². The lowest BCUT2D eigenvalue weighted by Crippen LogP contribution is -1.96. The van der Waals surface area contributed by atoms with Crippen molar-refractivity contribution < 1.29 is 8.83 Å². The van der Waals surface area contributed by atoms with E-state index in [-0.39, 0.29) is 0 Å². The maximum atomic E-state index is 6.60. The maximum absolute atomic E-state index is 6.60. The zero-order valence-electron chi connectivity index (χ0n) is 25.6. The fraction of sp³-hybridized carbons (Fsp3) is 0. The molecule has 0 atom stereocenters. The SMILES string of the molecule is c1ccc(-c2cc(-c3ccc4oc5c6ccccc6nc(-c6ccccc6)c5c4c3)nc(-c3cccc4c3oc3ccccc34)n2)cc1. The van der Waals surface area contributed by atoms with Crippen LogP contribution in [0.3, 0.4) is 0 Å². The number of benzene rings is 6. The lowest BCUT2D eigenvalue weighted by Gasteiger charge is -2.10. The molecule has 0 spiro atoms. The van der Waals surface area contributed by atoms with E-state index in [1.165, 1.54) is 0 Å². The Hall–Kier alpha value is -6.59. The Bertz CT molecular complexity index is 2840.